The number of nitrogens with one attached hydrogen (secondary N) is 2. The highest BCUT2D eigenvalue weighted by molar-refractivity contribution is 9.10. The number of rotatable bonds is 6. The zero-order valence-electron chi connectivity index (χ0n) is 11.0. The Morgan fingerprint density at radius 3 is 2.85 bits per heavy atom. The zero-order chi connectivity index (χ0) is 14.4. The minimum absolute atomic E-state index is 0.0564. The predicted octanol–water partition coefficient (Wildman–Crippen LogP) is 3.71. The number of carbonyl (C=O) groups excluding carboxylic acids is 1. The van der Waals surface area contributed by atoms with Crippen molar-refractivity contribution in [3.8, 4) is 0 Å². The summed E-state index contributed by atoms with van der Waals surface area (Å²) in [5.41, 5.74) is 1.72. The van der Waals surface area contributed by atoms with Gasteiger partial charge in [-0.1, -0.05) is 6.07 Å². The zero-order valence-corrected chi connectivity index (χ0v) is 13.4. The summed E-state index contributed by atoms with van der Waals surface area (Å²) in [4.78, 5) is 12.7. The molecule has 4 nitrogen and oxygen atoms in total. The van der Waals surface area contributed by atoms with Crippen LogP contribution in [-0.4, -0.2) is 19.6 Å². The number of benzene rings is 1. The Bertz CT molecular complexity index is 586. The van der Waals surface area contributed by atoms with Gasteiger partial charge >= 0.3 is 0 Å². The number of anilines is 2. The molecule has 0 spiro atoms. The smallest absolute Gasteiger partial charge is 0.250 e. The molecule has 0 bridgehead atoms. The second-order valence-electron chi connectivity index (χ2n) is 4.15. The van der Waals surface area contributed by atoms with Crippen molar-refractivity contribution in [3.63, 3.8) is 0 Å². The van der Waals surface area contributed by atoms with Gasteiger partial charge in [0.1, 0.15) is 6.61 Å². The Hall–Kier alpha value is -1.37. The van der Waals surface area contributed by atoms with Crippen molar-refractivity contribution in [2.45, 2.75) is 6.54 Å². The van der Waals surface area contributed by atoms with E-state index in [2.05, 4.69) is 38.0 Å². The summed E-state index contributed by atoms with van der Waals surface area (Å²) in [6.45, 7) is 0.812. The van der Waals surface area contributed by atoms with Crippen LogP contribution in [0.15, 0.2) is 40.2 Å². The number of thiophene rings is 1. The molecule has 6 heteroatoms. The van der Waals surface area contributed by atoms with Crippen LogP contribution in [0.1, 0.15) is 4.88 Å². The van der Waals surface area contributed by atoms with Crippen LogP contribution in [0.2, 0.25) is 0 Å². The molecule has 20 heavy (non-hydrogen) atoms. The van der Waals surface area contributed by atoms with E-state index in [-0.39, 0.29) is 12.5 Å². The van der Waals surface area contributed by atoms with E-state index >= 15 is 0 Å². The van der Waals surface area contributed by atoms with Crippen molar-refractivity contribution in [3.05, 3.63) is 45.1 Å². The van der Waals surface area contributed by atoms with Gasteiger partial charge in [0.2, 0.25) is 5.91 Å². The van der Waals surface area contributed by atoms with Gasteiger partial charge in [0, 0.05) is 39.8 Å². The highest BCUT2D eigenvalue weighted by Gasteiger charge is 2.02. The standard InChI is InChI=1S/C14H15BrN2O2S/c1-19-8-14(18)17-12-4-2-3-11(6-12)16-7-13-5-10(15)9-20-13/h2-6,9,16H,7-8H2,1H3,(H,17,18). The molecular weight excluding hydrogens is 340 g/mol. The third-order valence-corrected chi connectivity index (χ3v) is 4.21. The number of carbonyl (C=O) groups is 1. The second kappa shape index (κ2) is 7.42. The van der Waals surface area contributed by atoms with E-state index in [1.807, 2.05) is 24.3 Å². The maximum absolute atomic E-state index is 11.4. The maximum atomic E-state index is 11.4. The summed E-state index contributed by atoms with van der Waals surface area (Å²) in [6.07, 6.45) is 0. The van der Waals surface area contributed by atoms with Crippen molar-refractivity contribution in [2.24, 2.45) is 0 Å². The number of halogens is 1. The SMILES string of the molecule is COCC(=O)Nc1cccc(NCc2cc(Br)cs2)c1. The Balaban J connectivity index is 1.93. The quantitative estimate of drug-likeness (QED) is 0.831. The summed E-state index contributed by atoms with van der Waals surface area (Å²) in [6, 6.07) is 9.70. The minimum Gasteiger partial charge on any atom is -0.380 e. The van der Waals surface area contributed by atoms with Gasteiger partial charge in [0.05, 0.1) is 0 Å². The van der Waals surface area contributed by atoms with Gasteiger partial charge in [-0.25, -0.2) is 0 Å². The van der Waals surface area contributed by atoms with Crippen molar-refractivity contribution >= 4 is 44.5 Å². The molecule has 2 aromatic rings. The van der Waals surface area contributed by atoms with Crippen LogP contribution in [0.25, 0.3) is 0 Å². The fourth-order valence-corrected chi connectivity index (χ4v) is 3.06. The molecule has 106 valence electrons. The molecule has 0 aliphatic rings. The van der Waals surface area contributed by atoms with Gasteiger partial charge < -0.3 is 15.4 Å². The first-order valence-corrected chi connectivity index (χ1v) is 7.70. The third-order valence-electron chi connectivity index (χ3n) is 2.51. The number of hydrogen-bond donors (Lipinski definition) is 2. The highest BCUT2D eigenvalue weighted by atomic mass is 79.9. The van der Waals surface area contributed by atoms with Crippen LogP contribution in [0, 0.1) is 0 Å². The van der Waals surface area contributed by atoms with Crippen LogP contribution in [0.3, 0.4) is 0 Å². The van der Waals surface area contributed by atoms with Crippen LogP contribution in [0.5, 0.6) is 0 Å². The number of ether oxygens (including phenoxy) is 1. The van der Waals surface area contributed by atoms with Gasteiger partial charge in [-0.3, -0.25) is 4.79 Å². The van der Waals surface area contributed by atoms with Gasteiger partial charge in [-0.05, 0) is 40.2 Å². The number of methoxy groups -OCH3 is 1. The first kappa shape index (κ1) is 15.0. The molecule has 0 atom stereocenters. The van der Waals surface area contributed by atoms with Crippen LogP contribution >= 0.6 is 27.3 Å². The maximum Gasteiger partial charge on any atom is 0.250 e. The fourth-order valence-electron chi connectivity index (χ4n) is 1.67. The Labute approximate surface area is 130 Å². The van der Waals surface area contributed by atoms with E-state index in [1.54, 1.807) is 11.3 Å². The largest absolute Gasteiger partial charge is 0.380 e. The molecule has 0 unspecified atom stereocenters. The predicted molar refractivity (Wildman–Crippen MR) is 86.3 cm³/mol. The van der Waals surface area contributed by atoms with Gasteiger partial charge in [-0.15, -0.1) is 11.3 Å². The van der Waals surface area contributed by atoms with E-state index in [0.717, 1.165) is 22.4 Å². The molecule has 2 rings (SSSR count). The van der Waals surface area contributed by atoms with E-state index < -0.39 is 0 Å². The molecule has 2 N–H and O–H groups in total. The Morgan fingerprint density at radius 2 is 2.15 bits per heavy atom. The summed E-state index contributed by atoms with van der Waals surface area (Å²) in [7, 11) is 1.50. The van der Waals surface area contributed by atoms with Crippen molar-refractivity contribution in [1.82, 2.24) is 0 Å². The summed E-state index contributed by atoms with van der Waals surface area (Å²) >= 11 is 5.13. The van der Waals surface area contributed by atoms with E-state index in [0.29, 0.717) is 0 Å². The van der Waals surface area contributed by atoms with Crippen LogP contribution < -0.4 is 10.6 Å². The lowest BCUT2D eigenvalue weighted by Gasteiger charge is -2.08. The van der Waals surface area contributed by atoms with E-state index in [4.69, 9.17) is 4.74 Å². The average Bonchev–Trinajstić information content (AvgIpc) is 2.83. The summed E-state index contributed by atoms with van der Waals surface area (Å²) in [5, 5.41) is 8.16. The second-order valence-corrected chi connectivity index (χ2v) is 6.06. The lowest BCUT2D eigenvalue weighted by Crippen LogP contribution is -2.17. The Morgan fingerprint density at radius 1 is 1.35 bits per heavy atom. The molecule has 0 saturated carbocycles. The third kappa shape index (κ3) is 4.63. The van der Waals surface area contributed by atoms with Gasteiger partial charge in [0.15, 0.2) is 0 Å². The normalized spacial score (nSPS) is 10.3. The summed E-state index contributed by atoms with van der Waals surface area (Å²) in [5.74, 6) is -0.160. The fraction of sp³-hybridized carbons (Fsp3) is 0.214. The summed E-state index contributed by atoms with van der Waals surface area (Å²) < 4.78 is 5.88. The number of amides is 1. The van der Waals surface area contributed by atoms with E-state index in [1.165, 1.54) is 12.0 Å². The molecule has 0 fully saturated rings. The van der Waals surface area contributed by atoms with Crippen LogP contribution in [0.4, 0.5) is 11.4 Å². The number of hydrogen-bond acceptors (Lipinski definition) is 4. The minimum atomic E-state index is -0.160. The molecule has 1 aromatic heterocycles. The van der Waals surface area contributed by atoms with E-state index in [9.17, 15) is 4.79 Å². The molecule has 0 aliphatic carbocycles. The lowest BCUT2D eigenvalue weighted by molar-refractivity contribution is -0.119. The molecule has 0 saturated heterocycles. The molecule has 1 aromatic carbocycles. The molecule has 0 aliphatic heterocycles. The Kier molecular flexibility index (Phi) is 5.58. The van der Waals surface area contributed by atoms with Crippen molar-refractivity contribution in [1.29, 1.82) is 0 Å². The monoisotopic (exact) mass is 354 g/mol. The molecule has 1 heterocycles. The van der Waals surface area contributed by atoms with Crippen LogP contribution in [-0.2, 0) is 16.1 Å². The molecule has 0 radical (unpaired) electrons. The highest BCUT2D eigenvalue weighted by Crippen LogP contribution is 2.21. The molecule has 1 amide bonds. The van der Waals surface area contributed by atoms with Gasteiger partial charge in [-0.2, -0.15) is 0 Å². The molecular formula is C14H15BrN2O2S. The average molecular weight is 355 g/mol. The van der Waals surface area contributed by atoms with Crippen molar-refractivity contribution in [2.75, 3.05) is 24.4 Å². The first-order chi connectivity index (χ1) is 9.67. The lowest BCUT2D eigenvalue weighted by atomic mass is 10.2. The van der Waals surface area contributed by atoms with Crippen molar-refractivity contribution < 1.29 is 9.53 Å². The topological polar surface area (TPSA) is 50.4 Å². The van der Waals surface area contributed by atoms with Gasteiger partial charge in [0.25, 0.3) is 0 Å². The first-order valence-electron chi connectivity index (χ1n) is 6.03.